The van der Waals surface area contributed by atoms with Gasteiger partial charge in [0.2, 0.25) is 0 Å². The molecule has 18 heavy (non-hydrogen) atoms. The molecule has 1 saturated carbocycles. The Morgan fingerprint density at radius 1 is 1.11 bits per heavy atom. The molecule has 1 aliphatic carbocycles. The highest BCUT2D eigenvalue weighted by Crippen LogP contribution is 2.30. The molecule has 7 nitrogen and oxygen atoms in total. The van der Waals surface area contributed by atoms with Crippen LogP contribution in [-0.4, -0.2) is 63.1 Å². The summed E-state index contributed by atoms with van der Waals surface area (Å²) >= 11 is 0. The van der Waals surface area contributed by atoms with E-state index in [4.69, 9.17) is 0 Å². The van der Waals surface area contributed by atoms with Crippen LogP contribution >= 0.6 is 0 Å². The van der Waals surface area contributed by atoms with Gasteiger partial charge in [-0.3, -0.25) is 0 Å². The van der Waals surface area contributed by atoms with Crippen LogP contribution in [0.15, 0.2) is 0 Å². The normalized spacial score (nSPS) is 30.4. The topological polar surface area (TPSA) is 110 Å². The number of rotatable bonds is 2. The molecule has 2 amide bonds. The molecule has 2 unspecified atom stereocenters. The van der Waals surface area contributed by atoms with Gasteiger partial charge in [0.1, 0.15) is 5.54 Å². The molecule has 0 aromatic heterocycles. The molecule has 4 N–H and O–H groups in total. The first kappa shape index (κ1) is 13.1. The van der Waals surface area contributed by atoms with Crippen LogP contribution in [0.5, 0.6) is 0 Å². The number of aliphatic hydroxyl groups is 2. The molecular formula is C11H18N2O5. The Bertz CT molecular complexity index is 343. The van der Waals surface area contributed by atoms with Gasteiger partial charge < -0.3 is 25.5 Å². The number of nitrogens with one attached hydrogen (secondary N) is 1. The minimum Gasteiger partial charge on any atom is -0.480 e. The highest BCUT2D eigenvalue weighted by molar-refractivity contribution is 5.86. The maximum Gasteiger partial charge on any atom is 0.329 e. The average Bonchev–Trinajstić information content (AvgIpc) is 2.88. The van der Waals surface area contributed by atoms with Crippen LogP contribution in [-0.2, 0) is 4.79 Å². The molecule has 0 radical (unpaired) electrons. The molecule has 2 rings (SSSR count). The van der Waals surface area contributed by atoms with E-state index in [1.807, 2.05) is 0 Å². The van der Waals surface area contributed by atoms with Crippen LogP contribution in [0.4, 0.5) is 4.79 Å². The summed E-state index contributed by atoms with van der Waals surface area (Å²) in [5.41, 5.74) is -1.18. The molecule has 1 saturated heterocycles. The summed E-state index contributed by atoms with van der Waals surface area (Å²) in [6.45, 7) is 0.0609. The number of likely N-dealkylation sites (tertiary alicyclic amines) is 1. The van der Waals surface area contributed by atoms with Gasteiger partial charge in [0.15, 0.2) is 0 Å². The fourth-order valence-corrected chi connectivity index (χ4v) is 2.59. The number of carbonyl (C=O) groups excluding carboxylic acids is 1. The molecule has 0 aromatic rings. The van der Waals surface area contributed by atoms with E-state index in [0.29, 0.717) is 12.8 Å². The third-order valence-corrected chi connectivity index (χ3v) is 3.76. The van der Waals surface area contributed by atoms with E-state index in [0.717, 1.165) is 12.8 Å². The lowest BCUT2D eigenvalue weighted by molar-refractivity contribution is -0.144. The fourth-order valence-electron chi connectivity index (χ4n) is 2.59. The maximum atomic E-state index is 11.9. The van der Waals surface area contributed by atoms with Gasteiger partial charge in [-0.2, -0.15) is 0 Å². The van der Waals surface area contributed by atoms with Gasteiger partial charge in [-0.15, -0.1) is 0 Å². The van der Waals surface area contributed by atoms with Crippen LogP contribution in [0.2, 0.25) is 0 Å². The predicted molar refractivity (Wildman–Crippen MR) is 61.0 cm³/mol. The van der Waals surface area contributed by atoms with Gasteiger partial charge in [0.25, 0.3) is 0 Å². The Labute approximate surface area is 104 Å². The largest absolute Gasteiger partial charge is 0.480 e. The number of nitrogens with zero attached hydrogens (tertiary/aromatic N) is 1. The summed E-state index contributed by atoms with van der Waals surface area (Å²) in [5.74, 6) is -1.02. The number of aliphatic hydroxyl groups excluding tert-OH is 2. The molecule has 0 bridgehead atoms. The van der Waals surface area contributed by atoms with Crippen molar-refractivity contribution in [2.45, 2.75) is 43.4 Å². The summed E-state index contributed by atoms with van der Waals surface area (Å²) in [4.78, 5) is 24.5. The molecule has 7 heteroatoms. The average molecular weight is 258 g/mol. The van der Waals surface area contributed by atoms with Crippen molar-refractivity contribution in [1.29, 1.82) is 0 Å². The Morgan fingerprint density at radius 2 is 1.61 bits per heavy atom. The number of carboxylic acids is 1. The zero-order valence-electron chi connectivity index (χ0n) is 10.0. The van der Waals surface area contributed by atoms with Gasteiger partial charge >= 0.3 is 12.0 Å². The zero-order valence-corrected chi connectivity index (χ0v) is 10.0. The molecule has 0 aromatic carbocycles. The summed E-state index contributed by atoms with van der Waals surface area (Å²) in [6, 6.07) is -0.532. The van der Waals surface area contributed by atoms with E-state index in [2.05, 4.69) is 5.32 Å². The molecule has 0 spiro atoms. The zero-order chi connectivity index (χ0) is 13.3. The Kier molecular flexibility index (Phi) is 3.45. The van der Waals surface area contributed by atoms with E-state index < -0.39 is 29.7 Å². The lowest BCUT2D eigenvalue weighted by atomic mass is 9.98. The monoisotopic (exact) mass is 258 g/mol. The number of β-amino-alcohol motifs (C(OH)–C–C–N with tert-alkyl or cyclic N) is 2. The van der Waals surface area contributed by atoms with Gasteiger partial charge in [-0.05, 0) is 12.8 Å². The van der Waals surface area contributed by atoms with Crippen molar-refractivity contribution in [2.24, 2.45) is 0 Å². The molecule has 1 aliphatic heterocycles. The number of hydrogen-bond acceptors (Lipinski definition) is 4. The van der Waals surface area contributed by atoms with E-state index in [9.17, 15) is 24.9 Å². The Morgan fingerprint density at radius 3 is 2.06 bits per heavy atom. The molecule has 1 heterocycles. The summed E-state index contributed by atoms with van der Waals surface area (Å²) in [5, 5.41) is 30.5. The Hall–Kier alpha value is -1.34. The van der Waals surface area contributed by atoms with E-state index in [-0.39, 0.29) is 13.1 Å². The minimum absolute atomic E-state index is 0.0305. The van der Waals surface area contributed by atoms with E-state index in [1.54, 1.807) is 0 Å². The van der Waals surface area contributed by atoms with Gasteiger partial charge in [-0.1, -0.05) is 12.8 Å². The maximum absolute atomic E-state index is 11.9. The van der Waals surface area contributed by atoms with Crippen LogP contribution in [0.3, 0.4) is 0 Å². The first-order valence-electron chi connectivity index (χ1n) is 6.11. The second kappa shape index (κ2) is 4.74. The molecule has 2 atom stereocenters. The van der Waals surface area contributed by atoms with Crippen LogP contribution in [0, 0.1) is 0 Å². The highest BCUT2D eigenvalue weighted by Gasteiger charge is 2.44. The lowest BCUT2D eigenvalue weighted by Gasteiger charge is -2.28. The second-order valence-corrected chi connectivity index (χ2v) is 5.06. The van der Waals surface area contributed by atoms with Crippen molar-refractivity contribution in [3.8, 4) is 0 Å². The van der Waals surface area contributed by atoms with Gasteiger partial charge in [0, 0.05) is 0 Å². The minimum atomic E-state index is -1.18. The second-order valence-electron chi connectivity index (χ2n) is 5.06. The number of urea groups is 1. The van der Waals surface area contributed by atoms with Gasteiger partial charge in [-0.25, -0.2) is 9.59 Å². The lowest BCUT2D eigenvalue weighted by Crippen LogP contribution is -2.56. The van der Waals surface area contributed by atoms with Crippen molar-refractivity contribution in [2.75, 3.05) is 13.1 Å². The SMILES string of the molecule is O=C(NC1(C(=O)O)CCCC1)N1CC(O)C(O)C1. The number of carboxylic acid groups (broad SMARTS) is 1. The molecule has 2 fully saturated rings. The van der Waals surface area contributed by atoms with Crippen molar-refractivity contribution in [1.82, 2.24) is 10.2 Å². The fraction of sp³-hybridized carbons (Fsp3) is 0.818. The standard InChI is InChI=1S/C11H18N2O5/c14-7-5-13(6-8(7)15)10(18)12-11(9(16)17)3-1-2-4-11/h7-8,14-15H,1-6H2,(H,12,18)(H,16,17). The molecular weight excluding hydrogens is 240 g/mol. The Balaban J connectivity index is 2.00. The quantitative estimate of drug-likeness (QED) is 0.514. The molecule has 2 aliphatic rings. The first-order valence-corrected chi connectivity index (χ1v) is 6.11. The van der Waals surface area contributed by atoms with E-state index in [1.165, 1.54) is 4.90 Å². The first-order chi connectivity index (χ1) is 8.44. The smallest absolute Gasteiger partial charge is 0.329 e. The van der Waals surface area contributed by atoms with Crippen LogP contribution < -0.4 is 5.32 Å². The highest BCUT2D eigenvalue weighted by atomic mass is 16.4. The van der Waals surface area contributed by atoms with Crippen LogP contribution in [0.1, 0.15) is 25.7 Å². The number of aliphatic carboxylic acids is 1. The predicted octanol–water partition coefficient (Wildman–Crippen LogP) is -0.869. The number of carbonyl (C=O) groups is 2. The third kappa shape index (κ3) is 2.28. The van der Waals surface area contributed by atoms with Crippen LogP contribution in [0.25, 0.3) is 0 Å². The van der Waals surface area contributed by atoms with Crippen molar-refractivity contribution >= 4 is 12.0 Å². The summed E-state index contributed by atoms with van der Waals surface area (Å²) in [6.07, 6.45) is 0.482. The number of amides is 2. The summed E-state index contributed by atoms with van der Waals surface area (Å²) in [7, 11) is 0. The summed E-state index contributed by atoms with van der Waals surface area (Å²) < 4.78 is 0. The van der Waals surface area contributed by atoms with Gasteiger partial charge in [0.05, 0.1) is 25.3 Å². The third-order valence-electron chi connectivity index (χ3n) is 3.76. The van der Waals surface area contributed by atoms with Crippen molar-refractivity contribution < 1.29 is 24.9 Å². The number of hydrogen-bond donors (Lipinski definition) is 4. The van der Waals surface area contributed by atoms with Crippen molar-refractivity contribution in [3.63, 3.8) is 0 Å². The molecule has 102 valence electrons. The van der Waals surface area contributed by atoms with Crippen molar-refractivity contribution in [3.05, 3.63) is 0 Å². The van der Waals surface area contributed by atoms with E-state index >= 15 is 0 Å².